The number of hydrogen-bond donors (Lipinski definition) is 0. The third-order valence-electron chi connectivity index (χ3n) is 5.34. The van der Waals surface area contributed by atoms with Gasteiger partial charge in [0.25, 0.3) is 11.8 Å². The van der Waals surface area contributed by atoms with E-state index in [-0.39, 0.29) is 5.91 Å². The molecule has 1 aliphatic rings. The van der Waals surface area contributed by atoms with Crippen molar-refractivity contribution in [2.45, 2.75) is 6.10 Å². The number of ether oxygens (including phenoxy) is 2. The zero-order valence-corrected chi connectivity index (χ0v) is 16.9. The van der Waals surface area contributed by atoms with E-state index >= 15 is 0 Å². The lowest BCUT2D eigenvalue weighted by atomic mass is 10.0. The summed E-state index contributed by atoms with van der Waals surface area (Å²) in [4.78, 5) is 23.6. The summed E-state index contributed by atoms with van der Waals surface area (Å²) in [6.45, 7) is 1.20. The predicted octanol–water partition coefficient (Wildman–Crippen LogP) is 3.51. The average Bonchev–Trinajstić information content (AvgIpc) is 3.34. The van der Waals surface area contributed by atoms with Gasteiger partial charge >= 0.3 is 0 Å². The first kappa shape index (κ1) is 19.2. The summed E-state index contributed by atoms with van der Waals surface area (Å²) < 4.78 is 16.7. The van der Waals surface area contributed by atoms with Crippen LogP contribution in [0.5, 0.6) is 5.75 Å². The fraction of sp³-hybridized carbons (Fsp3) is 0.217. The van der Waals surface area contributed by atoms with Crippen LogP contribution >= 0.6 is 0 Å². The number of morpholine rings is 1. The summed E-state index contributed by atoms with van der Waals surface area (Å²) in [7, 11) is 1.63. The first-order valence-electron chi connectivity index (χ1n) is 9.95. The molecule has 0 unspecified atom stereocenters. The molecule has 0 N–H and O–H groups in total. The van der Waals surface area contributed by atoms with Crippen molar-refractivity contribution in [3.63, 3.8) is 0 Å². The summed E-state index contributed by atoms with van der Waals surface area (Å²) in [6, 6.07) is 15.0. The van der Waals surface area contributed by atoms with E-state index in [1.54, 1.807) is 36.5 Å². The van der Waals surface area contributed by atoms with Crippen LogP contribution in [-0.4, -0.2) is 52.7 Å². The maximum absolute atomic E-state index is 13.4. The zero-order chi connectivity index (χ0) is 21.2. The van der Waals surface area contributed by atoms with Crippen molar-refractivity contribution in [2.75, 3.05) is 26.8 Å². The van der Waals surface area contributed by atoms with Crippen molar-refractivity contribution in [1.29, 1.82) is 0 Å². The van der Waals surface area contributed by atoms with Crippen molar-refractivity contribution in [3.8, 4) is 17.1 Å². The lowest BCUT2D eigenvalue weighted by Gasteiger charge is -2.31. The van der Waals surface area contributed by atoms with Gasteiger partial charge in [0.2, 0.25) is 5.82 Å². The third kappa shape index (κ3) is 3.62. The normalized spacial score (nSPS) is 16.4. The Kier molecular flexibility index (Phi) is 5.05. The van der Waals surface area contributed by atoms with E-state index < -0.39 is 6.10 Å². The van der Waals surface area contributed by atoms with E-state index in [2.05, 4.69) is 15.1 Å². The maximum atomic E-state index is 13.4. The molecule has 1 atom stereocenters. The number of aromatic nitrogens is 3. The predicted molar refractivity (Wildman–Crippen MR) is 113 cm³/mol. The smallest absolute Gasteiger partial charge is 0.257 e. The summed E-state index contributed by atoms with van der Waals surface area (Å²) in [5.74, 6) is 1.48. The van der Waals surface area contributed by atoms with Crippen molar-refractivity contribution in [1.82, 2.24) is 20.0 Å². The number of fused-ring (bicyclic) bond motifs is 1. The Bertz CT molecular complexity index is 1220. The number of methoxy groups -OCH3 is 1. The fourth-order valence-corrected chi connectivity index (χ4v) is 3.77. The largest absolute Gasteiger partial charge is 0.496 e. The van der Waals surface area contributed by atoms with Crippen LogP contribution in [-0.2, 0) is 4.74 Å². The second-order valence-corrected chi connectivity index (χ2v) is 7.16. The van der Waals surface area contributed by atoms with Gasteiger partial charge in [0.05, 0.1) is 20.3 Å². The average molecular weight is 416 g/mol. The quantitative estimate of drug-likeness (QED) is 0.503. The highest BCUT2D eigenvalue weighted by molar-refractivity contribution is 6.08. The van der Waals surface area contributed by atoms with Crippen LogP contribution in [0.4, 0.5) is 0 Å². The highest BCUT2D eigenvalue weighted by Gasteiger charge is 2.30. The van der Waals surface area contributed by atoms with Crippen LogP contribution in [0, 0.1) is 0 Å². The van der Waals surface area contributed by atoms with E-state index in [0.29, 0.717) is 37.0 Å². The Labute approximate surface area is 178 Å². The molecule has 0 aliphatic carbocycles. The minimum absolute atomic E-state index is 0.0685. The Balaban J connectivity index is 1.40. The van der Waals surface area contributed by atoms with Crippen LogP contribution in [0.3, 0.4) is 0 Å². The Morgan fingerprint density at radius 1 is 1.10 bits per heavy atom. The number of carbonyl (C=O) groups is 1. The van der Waals surface area contributed by atoms with Crippen molar-refractivity contribution in [3.05, 3.63) is 72.4 Å². The summed E-state index contributed by atoms with van der Waals surface area (Å²) in [5.41, 5.74) is 1.43. The molecular formula is C23H20N4O4. The Hall–Kier alpha value is -3.78. The molecule has 4 aromatic rings. The van der Waals surface area contributed by atoms with Crippen molar-refractivity contribution >= 4 is 16.7 Å². The number of benzene rings is 2. The molecule has 156 valence electrons. The monoisotopic (exact) mass is 416 g/mol. The second-order valence-electron chi connectivity index (χ2n) is 7.16. The van der Waals surface area contributed by atoms with E-state index in [9.17, 15) is 4.79 Å². The van der Waals surface area contributed by atoms with Crippen molar-refractivity contribution < 1.29 is 18.8 Å². The molecule has 0 saturated carbocycles. The van der Waals surface area contributed by atoms with Crippen LogP contribution < -0.4 is 4.74 Å². The first-order valence-corrected chi connectivity index (χ1v) is 9.95. The maximum Gasteiger partial charge on any atom is 0.257 e. The molecule has 1 aliphatic heterocycles. The van der Waals surface area contributed by atoms with Gasteiger partial charge in [-0.1, -0.05) is 29.4 Å². The van der Waals surface area contributed by atoms with Gasteiger partial charge in [0.1, 0.15) is 5.75 Å². The summed E-state index contributed by atoms with van der Waals surface area (Å²) in [5, 5.41) is 5.80. The van der Waals surface area contributed by atoms with Gasteiger partial charge in [0, 0.05) is 35.5 Å². The van der Waals surface area contributed by atoms with Crippen LogP contribution in [0.2, 0.25) is 0 Å². The van der Waals surface area contributed by atoms with Gasteiger partial charge in [-0.2, -0.15) is 4.98 Å². The molecule has 1 fully saturated rings. The molecule has 0 radical (unpaired) electrons. The lowest BCUT2D eigenvalue weighted by molar-refractivity contribution is -0.0366. The molecule has 8 nitrogen and oxygen atoms in total. The fourth-order valence-electron chi connectivity index (χ4n) is 3.77. The number of nitrogens with zero attached hydrogens (tertiary/aromatic N) is 4. The molecule has 1 saturated heterocycles. The minimum Gasteiger partial charge on any atom is -0.496 e. The number of amides is 1. The number of rotatable bonds is 4. The van der Waals surface area contributed by atoms with E-state index in [1.165, 1.54) is 0 Å². The van der Waals surface area contributed by atoms with Gasteiger partial charge in [-0.3, -0.25) is 9.78 Å². The number of carbonyl (C=O) groups excluding carboxylic acids is 1. The molecular weight excluding hydrogens is 396 g/mol. The highest BCUT2D eigenvalue weighted by Crippen LogP contribution is 2.30. The molecule has 5 rings (SSSR count). The molecule has 8 heteroatoms. The topological polar surface area (TPSA) is 90.6 Å². The third-order valence-corrected chi connectivity index (χ3v) is 5.34. The van der Waals surface area contributed by atoms with Crippen molar-refractivity contribution in [2.24, 2.45) is 0 Å². The van der Waals surface area contributed by atoms with Gasteiger partial charge in [0.15, 0.2) is 6.10 Å². The van der Waals surface area contributed by atoms with E-state index in [1.807, 2.05) is 36.4 Å². The molecule has 31 heavy (non-hydrogen) atoms. The molecule has 0 bridgehead atoms. The van der Waals surface area contributed by atoms with E-state index in [0.717, 1.165) is 22.1 Å². The Morgan fingerprint density at radius 2 is 1.90 bits per heavy atom. The number of hydrogen-bond acceptors (Lipinski definition) is 7. The molecule has 0 spiro atoms. The minimum atomic E-state index is -0.481. The molecule has 1 amide bonds. The number of pyridine rings is 1. The molecule has 2 aromatic heterocycles. The standard InChI is InChI=1S/C23H20N4O4/c1-29-19-7-6-18(16-4-2-3-5-17(16)19)23(28)27-12-13-30-20(14-27)22-25-21(26-31-22)15-8-10-24-11-9-15/h2-11,20H,12-14H2,1H3/t20-/m1/s1. The van der Waals surface area contributed by atoms with Gasteiger partial charge in [-0.25, -0.2) is 0 Å². The first-order chi connectivity index (χ1) is 15.2. The van der Waals surface area contributed by atoms with Gasteiger partial charge < -0.3 is 18.9 Å². The second kappa shape index (κ2) is 8.16. The highest BCUT2D eigenvalue weighted by atomic mass is 16.5. The van der Waals surface area contributed by atoms with Gasteiger partial charge in [-0.15, -0.1) is 0 Å². The summed E-state index contributed by atoms with van der Waals surface area (Å²) in [6.07, 6.45) is 2.86. The van der Waals surface area contributed by atoms with Crippen LogP contribution in [0.25, 0.3) is 22.2 Å². The van der Waals surface area contributed by atoms with Crippen LogP contribution in [0.1, 0.15) is 22.4 Å². The molecule has 3 heterocycles. The lowest BCUT2D eigenvalue weighted by Crippen LogP contribution is -2.42. The van der Waals surface area contributed by atoms with Crippen LogP contribution in [0.15, 0.2) is 65.4 Å². The van der Waals surface area contributed by atoms with Gasteiger partial charge in [-0.05, 0) is 29.7 Å². The summed E-state index contributed by atoms with van der Waals surface area (Å²) >= 11 is 0. The Morgan fingerprint density at radius 3 is 2.71 bits per heavy atom. The zero-order valence-electron chi connectivity index (χ0n) is 16.9. The SMILES string of the molecule is COc1ccc(C(=O)N2CCO[C@@H](c3nc(-c4ccncc4)no3)C2)c2ccccc12. The van der Waals surface area contributed by atoms with E-state index in [4.69, 9.17) is 14.0 Å². The molecule has 2 aromatic carbocycles.